The summed E-state index contributed by atoms with van der Waals surface area (Å²) in [6.45, 7) is 3.44. The molecule has 0 spiro atoms. The Kier molecular flexibility index (Phi) is 4.30. The van der Waals surface area contributed by atoms with E-state index in [1.165, 1.54) is 11.3 Å². The summed E-state index contributed by atoms with van der Waals surface area (Å²) in [6.07, 6.45) is 1.76. The normalized spacial score (nSPS) is 10.1. The predicted molar refractivity (Wildman–Crippen MR) is 73.9 cm³/mol. The van der Waals surface area contributed by atoms with Gasteiger partial charge in [-0.2, -0.15) is 0 Å². The molecule has 0 unspecified atom stereocenters. The number of hydrogen-bond acceptors (Lipinski definition) is 4. The molecule has 1 heterocycles. The van der Waals surface area contributed by atoms with E-state index < -0.39 is 0 Å². The number of anilines is 1. The molecule has 0 saturated carbocycles. The Morgan fingerprint density at radius 2 is 2.11 bits per heavy atom. The maximum Gasteiger partial charge on any atom is 0.251 e. The molecule has 1 amide bonds. The number of thiazole rings is 1. The fraction of sp³-hybridized carbons (Fsp3) is 0.231. The highest BCUT2D eigenvalue weighted by Crippen LogP contribution is 2.10. The lowest BCUT2D eigenvalue weighted by Crippen LogP contribution is -2.22. The first-order valence-electron chi connectivity index (χ1n) is 5.79. The standard InChI is InChI=1S/C13H15N3OS/c1-2-15-11-5-3-10(4-6-11)13(17)16-8-12-7-14-9-18-12/h3-7,9,15H,2,8H2,1H3,(H,16,17). The van der Waals surface area contributed by atoms with Crippen LogP contribution in [0, 0.1) is 0 Å². The summed E-state index contributed by atoms with van der Waals surface area (Å²) in [6, 6.07) is 7.45. The second-order valence-corrected chi connectivity index (χ2v) is 4.73. The molecule has 1 aromatic carbocycles. The number of rotatable bonds is 5. The van der Waals surface area contributed by atoms with Crippen LogP contribution in [0.2, 0.25) is 0 Å². The number of carbonyl (C=O) groups excluding carboxylic acids is 1. The third-order valence-electron chi connectivity index (χ3n) is 2.43. The first-order chi connectivity index (χ1) is 8.79. The Hall–Kier alpha value is -1.88. The molecule has 4 nitrogen and oxygen atoms in total. The molecule has 0 aliphatic rings. The van der Waals surface area contributed by atoms with Crippen molar-refractivity contribution in [2.75, 3.05) is 11.9 Å². The van der Waals surface area contributed by atoms with Gasteiger partial charge in [0.25, 0.3) is 5.91 Å². The number of hydrogen-bond donors (Lipinski definition) is 2. The minimum Gasteiger partial charge on any atom is -0.385 e. The SMILES string of the molecule is CCNc1ccc(C(=O)NCc2cncs2)cc1. The van der Waals surface area contributed by atoms with Gasteiger partial charge in [-0.25, -0.2) is 0 Å². The lowest BCUT2D eigenvalue weighted by Gasteiger charge is -2.06. The van der Waals surface area contributed by atoms with Crippen molar-refractivity contribution >= 4 is 22.9 Å². The molecule has 0 aliphatic heterocycles. The molecule has 0 bridgehead atoms. The number of nitrogens with zero attached hydrogens (tertiary/aromatic N) is 1. The zero-order valence-corrected chi connectivity index (χ0v) is 11.0. The number of carbonyl (C=O) groups is 1. The molecule has 2 aromatic rings. The largest absolute Gasteiger partial charge is 0.385 e. The van der Waals surface area contributed by atoms with Crippen LogP contribution in [0.5, 0.6) is 0 Å². The Labute approximate surface area is 110 Å². The van der Waals surface area contributed by atoms with Crippen molar-refractivity contribution < 1.29 is 4.79 Å². The number of aromatic nitrogens is 1. The van der Waals surface area contributed by atoms with Gasteiger partial charge in [-0.3, -0.25) is 9.78 Å². The smallest absolute Gasteiger partial charge is 0.251 e. The van der Waals surface area contributed by atoms with Gasteiger partial charge in [0, 0.05) is 28.9 Å². The minimum absolute atomic E-state index is 0.0635. The molecule has 0 saturated heterocycles. The summed E-state index contributed by atoms with van der Waals surface area (Å²) in [7, 11) is 0. The summed E-state index contributed by atoms with van der Waals surface area (Å²) >= 11 is 1.53. The average molecular weight is 261 g/mol. The van der Waals surface area contributed by atoms with Gasteiger partial charge in [0.15, 0.2) is 0 Å². The maximum absolute atomic E-state index is 11.9. The van der Waals surface area contributed by atoms with E-state index in [0.29, 0.717) is 12.1 Å². The second kappa shape index (κ2) is 6.16. The van der Waals surface area contributed by atoms with Crippen molar-refractivity contribution in [1.82, 2.24) is 10.3 Å². The number of benzene rings is 1. The molecule has 94 valence electrons. The number of amides is 1. The van der Waals surface area contributed by atoms with Gasteiger partial charge in [0.1, 0.15) is 0 Å². The van der Waals surface area contributed by atoms with Crippen molar-refractivity contribution in [3.8, 4) is 0 Å². The van der Waals surface area contributed by atoms with Crippen LogP contribution in [0.1, 0.15) is 22.2 Å². The van der Waals surface area contributed by atoms with E-state index in [2.05, 4.69) is 15.6 Å². The van der Waals surface area contributed by atoms with Gasteiger partial charge in [-0.1, -0.05) is 0 Å². The van der Waals surface area contributed by atoms with E-state index in [1.807, 2.05) is 31.2 Å². The van der Waals surface area contributed by atoms with Crippen LogP contribution >= 0.6 is 11.3 Å². The van der Waals surface area contributed by atoms with Crippen LogP contribution in [-0.4, -0.2) is 17.4 Å². The van der Waals surface area contributed by atoms with Crippen LogP contribution in [0.4, 0.5) is 5.69 Å². The third kappa shape index (κ3) is 3.30. The second-order valence-electron chi connectivity index (χ2n) is 3.76. The quantitative estimate of drug-likeness (QED) is 0.869. The zero-order chi connectivity index (χ0) is 12.8. The van der Waals surface area contributed by atoms with E-state index in [1.54, 1.807) is 11.7 Å². The Balaban J connectivity index is 1.92. The third-order valence-corrected chi connectivity index (χ3v) is 3.21. The van der Waals surface area contributed by atoms with Crippen LogP contribution in [0.3, 0.4) is 0 Å². The first kappa shape index (κ1) is 12.6. The van der Waals surface area contributed by atoms with Crippen LogP contribution in [0.25, 0.3) is 0 Å². The highest BCUT2D eigenvalue weighted by atomic mass is 32.1. The molecule has 0 aliphatic carbocycles. The van der Waals surface area contributed by atoms with Crippen molar-refractivity contribution in [1.29, 1.82) is 0 Å². The van der Waals surface area contributed by atoms with Gasteiger partial charge in [0.05, 0.1) is 12.1 Å². The summed E-state index contributed by atoms with van der Waals surface area (Å²) in [5, 5.41) is 6.05. The van der Waals surface area contributed by atoms with Crippen LogP contribution in [0.15, 0.2) is 36.0 Å². The fourth-order valence-electron chi connectivity index (χ4n) is 1.54. The zero-order valence-electron chi connectivity index (χ0n) is 10.1. The van der Waals surface area contributed by atoms with E-state index >= 15 is 0 Å². The summed E-state index contributed by atoms with van der Waals surface area (Å²) < 4.78 is 0. The molecular weight excluding hydrogens is 246 g/mol. The summed E-state index contributed by atoms with van der Waals surface area (Å²) in [5.41, 5.74) is 3.45. The number of nitrogens with one attached hydrogen (secondary N) is 2. The van der Waals surface area contributed by atoms with Gasteiger partial charge >= 0.3 is 0 Å². The molecule has 2 rings (SSSR count). The highest BCUT2D eigenvalue weighted by molar-refractivity contribution is 7.09. The van der Waals surface area contributed by atoms with Gasteiger partial charge in [-0.05, 0) is 31.2 Å². The molecule has 0 fully saturated rings. The molecule has 5 heteroatoms. The van der Waals surface area contributed by atoms with Crippen LogP contribution in [-0.2, 0) is 6.54 Å². The Morgan fingerprint density at radius 1 is 1.33 bits per heavy atom. The Bertz CT molecular complexity index is 493. The van der Waals surface area contributed by atoms with Crippen molar-refractivity contribution in [3.63, 3.8) is 0 Å². The first-order valence-corrected chi connectivity index (χ1v) is 6.67. The topological polar surface area (TPSA) is 54.0 Å². The van der Waals surface area contributed by atoms with Crippen LogP contribution < -0.4 is 10.6 Å². The molecular formula is C13H15N3OS. The molecule has 1 aromatic heterocycles. The predicted octanol–water partition coefficient (Wildman–Crippen LogP) is 2.50. The van der Waals surface area contributed by atoms with Crippen molar-refractivity contribution in [2.24, 2.45) is 0 Å². The van der Waals surface area contributed by atoms with E-state index in [0.717, 1.165) is 17.1 Å². The monoisotopic (exact) mass is 261 g/mol. The lowest BCUT2D eigenvalue weighted by atomic mass is 10.2. The Morgan fingerprint density at radius 3 is 2.72 bits per heavy atom. The molecule has 0 radical (unpaired) electrons. The average Bonchev–Trinajstić information content (AvgIpc) is 2.90. The molecule has 18 heavy (non-hydrogen) atoms. The van der Waals surface area contributed by atoms with Gasteiger partial charge in [0.2, 0.25) is 0 Å². The fourth-order valence-corrected chi connectivity index (χ4v) is 2.08. The van der Waals surface area contributed by atoms with E-state index in [4.69, 9.17) is 0 Å². The molecule has 0 atom stereocenters. The minimum atomic E-state index is -0.0635. The lowest BCUT2D eigenvalue weighted by molar-refractivity contribution is 0.0951. The van der Waals surface area contributed by atoms with Gasteiger partial charge < -0.3 is 10.6 Å². The van der Waals surface area contributed by atoms with E-state index in [9.17, 15) is 4.79 Å². The summed E-state index contributed by atoms with van der Waals surface area (Å²) in [5.74, 6) is -0.0635. The van der Waals surface area contributed by atoms with E-state index in [-0.39, 0.29) is 5.91 Å². The highest BCUT2D eigenvalue weighted by Gasteiger charge is 2.05. The molecule has 2 N–H and O–H groups in total. The summed E-state index contributed by atoms with van der Waals surface area (Å²) in [4.78, 5) is 16.9. The van der Waals surface area contributed by atoms with Gasteiger partial charge in [-0.15, -0.1) is 11.3 Å². The maximum atomic E-state index is 11.9. The van der Waals surface area contributed by atoms with Crippen molar-refractivity contribution in [3.05, 3.63) is 46.4 Å². The van der Waals surface area contributed by atoms with Crippen molar-refractivity contribution in [2.45, 2.75) is 13.5 Å².